The minimum atomic E-state index is -2.79. The Hall–Kier alpha value is -1.20. The number of hydrogen-bond donors (Lipinski definition) is 2. The van der Waals surface area contributed by atoms with Crippen LogP contribution in [-0.2, 0) is 0 Å². The van der Waals surface area contributed by atoms with Crippen molar-refractivity contribution in [3.05, 3.63) is 29.8 Å². The smallest absolute Gasteiger partial charge is 0.387 e. The number of hydrogen-bond acceptors (Lipinski definition) is 3. The summed E-state index contributed by atoms with van der Waals surface area (Å²) < 4.78 is 28.3. The third kappa shape index (κ3) is 4.58. The molecule has 0 aliphatic carbocycles. The fourth-order valence-electron chi connectivity index (χ4n) is 1.75. The molecule has 0 saturated carbocycles. The van der Waals surface area contributed by atoms with E-state index in [-0.39, 0.29) is 11.8 Å². The van der Waals surface area contributed by atoms with Crippen LogP contribution in [0.5, 0.6) is 5.75 Å². The molecule has 18 heavy (non-hydrogen) atoms. The summed E-state index contributed by atoms with van der Waals surface area (Å²) in [6.45, 7) is 1.48. The molecule has 1 rings (SSSR count). The Morgan fingerprint density at radius 1 is 1.28 bits per heavy atom. The van der Waals surface area contributed by atoms with E-state index in [9.17, 15) is 8.78 Å². The van der Waals surface area contributed by atoms with Crippen molar-refractivity contribution >= 4 is 0 Å². The first-order valence-electron chi connectivity index (χ1n) is 6.07. The van der Waals surface area contributed by atoms with E-state index in [2.05, 4.69) is 24.0 Å². The second-order valence-corrected chi connectivity index (χ2v) is 4.42. The van der Waals surface area contributed by atoms with E-state index < -0.39 is 6.61 Å². The largest absolute Gasteiger partial charge is 0.435 e. The minimum absolute atomic E-state index is 0.0283. The first-order valence-corrected chi connectivity index (χ1v) is 6.07. The zero-order valence-corrected chi connectivity index (χ0v) is 10.7. The average Bonchev–Trinajstić information content (AvgIpc) is 2.36. The molecule has 0 amide bonds. The van der Waals surface area contributed by atoms with Crippen molar-refractivity contribution < 1.29 is 13.5 Å². The summed E-state index contributed by atoms with van der Waals surface area (Å²) in [5.74, 6) is 6.23. The Labute approximate surface area is 106 Å². The van der Waals surface area contributed by atoms with Gasteiger partial charge in [0.25, 0.3) is 0 Å². The molecule has 1 aromatic rings. The maximum atomic E-state index is 12.0. The number of nitrogens with one attached hydrogen (secondary N) is 1. The molecule has 2 unspecified atom stereocenters. The topological polar surface area (TPSA) is 47.3 Å². The lowest BCUT2D eigenvalue weighted by Crippen LogP contribution is -2.29. The van der Waals surface area contributed by atoms with Gasteiger partial charge < -0.3 is 4.74 Å². The van der Waals surface area contributed by atoms with Gasteiger partial charge in [0.1, 0.15) is 5.75 Å². The summed E-state index contributed by atoms with van der Waals surface area (Å²) in [7, 11) is 0. The van der Waals surface area contributed by atoms with Gasteiger partial charge in [0.15, 0.2) is 0 Å². The van der Waals surface area contributed by atoms with Gasteiger partial charge >= 0.3 is 6.61 Å². The molecule has 0 bridgehead atoms. The summed E-state index contributed by atoms with van der Waals surface area (Å²) in [6, 6.07) is 6.60. The lowest BCUT2D eigenvalue weighted by Gasteiger charge is -2.20. The highest BCUT2D eigenvalue weighted by Gasteiger charge is 2.13. The number of rotatable bonds is 7. The van der Waals surface area contributed by atoms with E-state index >= 15 is 0 Å². The molecule has 3 nitrogen and oxygen atoms in total. The van der Waals surface area contributed by atoms with Crippen molar-refractivity contribution in [3.8, 4) is 5.75 Å². The molecule has 0 fully saturated rings. The first-order chi connectivity index (χ1) is 8.56. The van der Waals surface area contributed by atoms with Crippen molar-refractivity contribution in [2.24, 2.45) is 11.8 Å². The second kappa shape index (κ2) is 7.28. The quantitative estimate of drug-likeness (QED) is 0.583. The third-order valence-corrected chi connectivity index (χ3v) is 3.04. The molecule has 0 heterocycles. The Bertz CT molecular complexity index is 343. The summed E-state index contributed by atoms with van der Waals surface area (Å²) in [4.78, 5) is 0. The van der Waals surface area contributed by atoms with Crippen LogP contribution in [0.15, 0.2) is 24.3 Å². The summed E-state index contributed by atoms with van der Waals surface area (Å²) in [6.07, 6.45) is 1.98. The van der Waals surface area contributed by atoms with E-state index in [4.69, 9.17) is 5.84 Å². The zero-order valence-electron chi connectivity index (χ0n) is 10.7. The lowest BCUT2D eigenvalue weighted by atomic mass is 9.95. The lowest BCUT2D eigenvalue weighted by molar-refractivity contribution is -0.0498. The average molecular weight is 258 g/mol. The van der Waals surface area contributed by atoms with Gasteiger partial charge in [-0.05, 0) is 30.0 Å². The van der Waals surface area contributed by atoms with Crippen LogP contribution in [0.2, 0.25) is 0 Å². The Kier molecular flexibility index (Phi) is 6.01. The van der Waals surface area contributed by atoms with E-state index in [0.717, 1.165) is 18.4 Å². The number of ether oxygens (including phenoxy) is 1. The third-order valence-electron chi connectivity index (χ3n) is 3.04. The molecule has 0 aliphatic heterocycles. The van der Waals surface area contributed by atoms with Gasteiger partial charge in [0.05, 0.1) is 0 Å². The molecule has 3 N–H and O–H groups in total. The van der Waals surface area contributed by atoms with Crippen LogP contribution >= 0.6 is 0 Å². The highest BCUT2D eigenvalue weighted by Crippen LogP contribution is 2.24. The number of nitrogens with two attached hydrogens (primary N) is 1. The Morgan fingerprint density at radius 3 is 2.33 bits per heavy atom. The molecule has 0 aliphatic rings. The van der Waals surface area contributed by atoms with E-state index in [1.165, 1.54) is 12.1 Å². The normalized spacial score (nSPS) is 14.6. The summed E-state index contributed by atoms with van der Waals surface area (Å²) in [5, 5.41) is 0. The zero-order chi connectivity index (χ0) is 13.5. The predicted octanol–water partition coefficient (Wildman–Crippen LogP) is 3.23. The fraction of sp³-hybridized carbons (Fsp3) is 0.538. The van der Waals surface area contributed by atoms with Crippen LogP contribution in [0.4, 0.5) is 8.78 Å². The van der Waals surface area contributed by atoms with E-state index in [1.54, 1.807) is 12.1 Å². The number of benzene rings is 1. The maximum Gasteiger partial charge on any atom is 0.387 e. The highest BCUT2D eigenvalue weighted by atomic mass is 19.3. The number of alkyl halides is 2. The first kappa shape index (κ1) is 14.9. The van der Waals surface area contributed by atoms with Crippen LogP contribution in [0.1, 0.15) is 38.3 Å². The van der Waals surface area contributed by atoms with Gasteiger partial charge in [0.2, 0.25) is 0 Å². The van der Waals surface area contributed by atoms with Crippen LogP contribution in [-0.4, -0.2) is 6.61 Å². The van der Waals surface area contributed by atoms with Crippen LogP contribution in [0.3, 0.4) is 0 Å². The van der Waals surface area contributed by atoms with Crippen molar-refractivity contribution in [3.63, 3.8) is 0 Å². The number of hydrazine groups is 1. The summed E-state index contributed by atoms with van der Waals surface area (Å²) >= 11 is 0. The number of halogens is 2. The molecular formula is C13H20F2N2O. The minimum Gasteiger partial charge on any atom is -0.435 e. The van der Waals surface area contributed by atoms with Crippen molar-refractivity contribution in [2.45, 2.75) is 39.3 Å². The second-order valence-electron chi connectivity index (χ2n) is 4.42. The van der Waals surface area contributed by atoms with Crippen LogP contribution in [0, 0.1) is 5.92 Å². The molecule has 5 heteroatoms. The Morgan fingerprint density at radius 2 is 1.89 bits per heavy atom. The highest BCUT2D eigenvalue weighted by molar-refractivity contribution is 5.29. The van der Waals surface area contributed by atoms with Crippen molar-refractivity contribution in [1.29, 1.82) is 0 Å². The van der Waals surface area contributed by atoms with Crippen LogP contribution in [0.25, 0.3) is 0 Å². The molecule has 0 saturated heterocycles. The maximum absolute atomic E-state index is 12.0. The van der Waals surface area contributed by atoms with E-state index in [0.29, 0.717) is 5.92 Å². The van der Waals surface area contributed by atoms with E-state index in [1.807, 2.05) is 0 Å². The Balaban J connectivity index is 2.69. The van der Waals surface area contributed by atoms with Gasteiger partial charge in [-0.15, -0.1) is 0 Å². The molecule has 0 spiro atoms. The molecule has 0 aromatic heterocycles. The molecule has 0 radical (unpaired) electrons. The molecule has 102 valence electrons. The van der Waals surface area contributed by atoms with Gasteiger partial charge in [-0.25, -0.2) is 0 Å². The van der Waals surface area contributed by atoms with Crippen molar-refractivity contribution in [2.75, 3.05) is 0 Å². The standard InChI is InChI=1S/C13H20F2N2O/c1-3-9(2)8-12(17-16)10-4-6-11(7-5-10)18-13(14)15/h4-7,9,12-13,17H,3,8,16H2,1-2H3. The SMILES string of the molecule is CCC(C)CC(NN)c1ccc(OC(F)F)cc1. The van der Waals surface area contributed by atoms with Gasteiger partial charge in [-0.2, -0.15) is 8.78 Å². The molecule has 2 atom stereocenters. The van der Waals surface area contributed by atoms with Gasteiger partial charge in [0, 0.05) is 6.04 Å². The monoisotopic (exact) mass is 258 g/mol. The fourth-order valence-corrected chi connectivity index (χ4v) is 1.75. The molecule has 1 aromatic carbocycles. The van der Waals surface area contributed by atoms with Gasteiger partial charge in [-0.3, -0.25) is 11.3 Å². The molecular weight excluding hydrogens is 238 g/mol. The van der Waals surface area contributed by atoms with Gasteiger partial charge in [-0.1, -0.05) is 32.4 Å². The predicted molar refractivity (Wildman–Crippen MR) is 67.2 cm³/mol. The summed E-state index contributed by atoms with van der Waals surface area (Å²) in [5.41, 5.74) is 3.73. The van der Waals surface area contributed by atoms with Crippen molar-refractivity contribution in [1.82, 2.24) is 5.43 Å². The van der Waals surface area contributed by atoms with Crippen LogP contribution < -0.4 is 16.0 Å².